The number of aliphatic carboxylic acids is 1. The maximum atomic E-state index is 12.3. The van der Waals surface area contributed by atoms with Crippen LogP contribution in [0, 0.1) is 5.92 Å². The average Bonchev–Trinajstić information content (AvgIpc) is 2.43. The number of carboxylic acid groups (broad SMARTS) is 1. The van der Waals surface area contributed by atoms with E-state index in [0.29, 0.717) is 6.61 Å². The predicted octanol–water partition coefficient (Wildman–Crippen LogP) is 1.53. The van der Waals surface area contributed by atoms with Gasteiger partial charge < -0.3 is 15.2 Å². The van der Waals surface area contributed by atoms with Crippen LogP contribution in [0.4, 0.5) is 0 Å². The van der Waals surface area contributed by atoms with E-state index in [1.54, 1.807) is 13.8 Å². The van der Waals surface area contributed by atoms with Crippen molar-refractivity contribution in [1.82, 2.24) is 5.32 Å². The van der Waals surface area contributed by atoms with Crippen LogP contribution in [0.3, 0.4) is 0 Å². The number of rotatable bonds is 4. The van der Waals surface area contributed by atoms with E-state index in [1.165, 1.54) is 0 Å². The van der Waals surface area contributed by atoms with Gasteiger partial charge in [0.15, 0.2) is 6.10 Å². The van der Waals surface area contributed by atoms with Crippen molar-refractivity contribution in [2.24, 2.45) is 5.92 Å². The van der Waals surface area contributed by atoms with E-state index in [2.05, 4.69) is 5.32 Å². The van der Waals surface area contributed by atoms with Gasteiger partial charge >= 0.3 is 5.97 Å². The van der Waals surface area contributed by atoms with Crippen LogP contribution >= 0.6 is 0 Å². The topological polar surface area (TPSA) is 75.6 Å². The average molecular weight is 277 g/mol. The van der Waals surface area contributed by atoms with Crippen LogP contribution in [0.25, 0.3) is 0 Å². The highest BCUT2D eigenvalue weighted by atomic mass is 16.5. The number of carboxylic acids is 1. The molecule has 0 radical (unpaired) electrons. The smallest absolute Gasteiger partial charge is 0.326 e. The highest BCUT2D eigenvalue weighted by Crippen LogP contribution is 2.27. The minimum Gasteiger partial charge on any atom is -0.480 e. The van der Waals surface area contributed by atoms with Gasteiger partial charge in [-0.3, -0.25) is 4.79 Å². The fraction of sp³-hybridized carbons (Fsp3) is 0.467. The van der Waals surface area contributed by atoms with Crippen LogP contribution in [0.15, 0.2) is 24.3 Å². The van der Waals surface area contributed by atoms with Crippen molar-refractivity contribution in [2.75, 3.05) is 6.61 Å². The van der Waals surface area contributed by atoms with Gasteiger partial charge in [-0.25, -0.2) is 4.79 Å². The molecule has 2 rings (SSSR count). The Morgan fingerprint density at radius 3 is 2.70 bits per heavy atom. The number of fused-ring (bicyclic) bond motifs is 1. The molecule has 1 aromatic rings. The molecule has 0 saturated heterocycles. The standard InChI is InChI=1S/C15H19NO4/c1-9(2)12(15(18)19)16-14(17)13-11-6-4-3-5-10(11)7-8-20-13/h3-6,9,12-13H,7-8H2,1-2H3,(H,16,17)(H,18,19). The summed E-state index contributed by atoms with van der Waals surface area (Å²) in [7, 11) is 0. The Morgan fingerprint density at radius 2 is 2.05 bits per heavy atom. The van der Waals surface area contributed by atoms with Gasteiger partial charge in [0.05, 0.1) is 6.61 Å². The summed E-state index contributed by atoms with van der Waals surface area (Å²) >= 11 is 0. The molecular weight excluding hydrogens is 258 g/mol. The highest BCUT2D eigenvalue weighted by molar-refractivity contribution is 5.87. The number of carbonyl (C=O) groups is 2. The molecule has 0 spiro atoms. The van der Waals surface area contributed by atoms with Crippen molar-refractivity contribution in [3.05, 3.63) is 35.4 Å². The first-order valence-corrected chi connectivity index (χ1v) is 6.73. The van der Waals surface area contributed by atoms with Gasteiger partial charge in [-0.15, -0.1) is 0 Å². The molecule has 1 amide bonds. The molecule has 2 atom stereocenters. The summed E-state index contributed by atoms with van der Waals surface area (Å²) in [6.45, 7) is 3.98. The molecule has 2 N–H and O–H groups in total. The van der Waals surface area contributed by atoms with E-state index in [1.807, 2.05) is 24.3 Å². The molecule has 0 bridgehead atoms. The van der Waals surface area contributed by atoms with Crippen LogP contribution in [0.2, 0.25) is 0 Å². The number of carbonyl (C=O) groups excluding carboxylic acids is 1. The lowest BCUT2D eigenvalue weighted by Crippen LogP contribution is -2.47. The largest absolute Gasteiger partial charge is 0.480 e. The second kappa shape index (κ2) is 6.05. The first-order valence-electron chi connectivity index (χ1n) is 6.73. The van der Waals surface area contributed by atoms with Crippen molar-refractivity contribution in [1.29, 1.82) is 0 Å². The molecule has 2 unspecified atom stereocenters. The summed E-state index contributed by atoms with van der Waals surface area (Å²) in [6.07, 6.45) is 0.0486. The molecule has 5 nitrogen and oxygen atoms in total. The highest BCUT2D eigenvalue weighted by Gasteiger charge is 2.31. The maximum absolute atomic E-state index is 12.3. The molecule has 1 aliphatic heterocycles. The first kappa shape index (κ1) is 14.5. The number of ether oxygens (including phenoxy) is 1. The summed E-state index contributed by atoms with van der Waals surface area (Å²) in [5, 5.41) is 11.7. The molecule has 0 aromatic heterocycles. The summed E-state index contributed by atoms with van der Waals surface area (Å²) in [5.41, 5.74) is 1.90. The van der Waals surface area contributed by atoms with Gasteiger partial charge in [-0.05, 0) is 23.5 Å². The number of amides is 1. The normalized spacial score (nSPS) is 19.2. The van der Waals surface area contributed by atoms with Crippen LogP contribution in [0.5, 0.6) is 0 Å². The Morgan fingerprint density at radius 1 is 1.35 bits per heavy atom. The lowest BCUT2D eigenvalue weighted by molar-refractivity contribution is -0.146. The molecule has 20 heavy (non-hydrogen) atoms. The second-order valence-corrected chi connectivity index (χ2v) is 5.27. The molecular formula is C15H19NO4. The fourth-order valence-electron chi connectivity index (χ4n) is 2.35. The van der Waals surface area contributed by atoms with Gasteiger partial charge in [-0.1, -0.05) is 38.1 Å². The van der Waals surface area contributed by atoms with Crippen LogP contribution in [0.1, 0.15) is 31.1 Å². The molecule has 1 heterocycles. The van der Waals surface area contributed by atoms with E-state index in [4.69, 9.17) is 9.84 Å². The Kier molecular flexibility index (Phi) is 4.39. The minimum atomic E-state index is -1.03. The van der Waals surface area contributed by atoms with Crippen molar-refractivity contribution in [3.8, 4) is 0 Å². The van der Waals surface area contributed by atoms with Crippen LogP contribution < -0.4 is 5.32 Å². The fourth-order valence-corrected chi connectivity index (χ4v) is 2.35. The van der Waals surface area contributed by atoms with Crippen molar-refractivity contribution in [3.63, 3.8) is 0 Å². The molecule has 1 aliphatic rings. The molecule has 108 valence electrons. The third-order valence-corrected chi connectivity index (χ3v) is 3.46. The zero-order valence-corrected chi connectivity index (χ0v) is 11.6. The van der Waals surface area contributed by atoms with Crippen LogP contribution in [-0.2, 0) is 20.7 Å². The zero-order valence-electron chi connectivity index (χ0n) is 11.6. The Balaban J connectivity index is 2.16. The van der Waals surface area contributed by atoms with Gasteiger partial charge in [0, 0.05) is 0 Å². The Hall–Kier alpha value is -1.88. The van der Waals surface area contributed by atoms with Gasteiger partial charge in [-0.2, -0.15) is 0 Å². The summed E-state index contributed by atoms with van der Waals surface area (Å²) < 4.78 is 5.52. The molecule has 1 aromatic carbocycles. The van der Waals surface area contributed by atoms with E-state index in [0.717, 1.165) is 17.5 Å². The summed E-state index contributed by atoms with van der Waals surface area (Å²) in [4.78, 5) is 23.4. The second-order valence-electron chi connectivity index (χ2n) is 5.27. The molecule has 5 heteroatoms. The van der Waals surface area contributed by atoms with Crippen molar-refractivity contribution in [2.45, 2.75) is 32.4 Å². The third-order valence-electron chi connectivity index (χ3n) is 3.46. The van der Waals surface area contributed by atoms with Crippen molar-refractivity contribution >= 4 is 11.9 Å². The predicted molar refractivity (Wildman–Crippen MR) is 73.2 cm³/mol. The van der Waals surface area contributed by atoms with Crippen LogP contribution in [-0.4, -0.2) is 29.6 Å². The zero-order chi connectivity index (χ0) is 14.7. The minimum absolute atomic E-state index is 0.185. The lowest BCUT2D eigenvalue weighted by Gasteiger charge is -2.27. The number of benzene rings is 1. The monoisotopic (exact) mass is 277 g/mol. The van der Waals surface area contributed by atoms with Gasteiger partial charge in [0.25, 0.3) is 5.91 Å². The lowest BCUT2D eigenvalue weighted by atomic mass is 9.96. The quantitative estimate of drug-likeness (QED) is 0.875. The maximum Gasteiger partial charge on any atom is 0.326 e. The van der Waals surface area contributed by atoms with Gasteiger partial charge in [0.1, 0.15) is 6.04 Å². The number of hydrogen-bond donors (Lipinski definition) is 2. The third kappa shape index (κ3) is 2.99. The van der Waals surface area contributed by atoms with Gasteiger partial charge in [0.2, 0.25) is 0 Å². The van der Waals surface area contributed by atoms with E-state index >= 15 is 0 Å². The van der Waals surface area contributed by atoms with E-state index in [9.17, 15) is 9.59 Å². The SMILES string of the molecule is CC(C)C(NC(=O)C1OCCc2ccccc21)C(=O)O. The van der Waals surface area contributed by atoms with E-state index in [-0.39, 0.29) is 5.92 Å². The molecule has 0 aliphatic carbocycles. The summed E-state index contributed by atoms with van der Waals surface area (Å²) in [6, 6.07) is 6.69. The molecule has 0 fully saturated rings. The molecule has 0 saturated carbocycles. The van der Waals surface area contributed by atoms with E-state index < -0.39 is 24.0 Å². The van der Waals surface area contributed by atoms with Crippen molar-refractivity contribution < 1.29 is 19.4 Å². The number of nitrogens with one attached hydrogen (secondary N) is 1. The first-order chi connectivity index (χ1) is 9.50. The summed E-state index contributed by atoms with van der Waals surface area (Å²) in [5.74, 6) is -1.61. The Labute approximate surface area is 117 Å². The number of hydrogen-bond acceptors (Lipinski definition) is 3. The Bertz CT molecular complexity index is 512.